The molecule has 6 nitrogen and oxygen atoms in total. The number of anilines is 1. The molecule has 2 aromatic rings. The molecule has 0 spiro atoms. The van der Waals surface area contributed by atoms with Crippen molar-refractivity contribution in [2.24, 2.45) is 0 Å². The van der Waals surface area contributed by atoms with Crippen molar-refractivity contribution >= 4 is 23.6 Å². The molecule has 0 aliphatic heterocycles. The molecule has 0 saturated heterocycles. The summed E-state index contributed by atoms with van der Waals surface area (Å²) >= 11 is 0. The second-order valence-corrected chi connectivity index (χ2v) is 4.78. The van der Waals surface area contributed by atoms with Crippen molar-refractivity contribution in [2.45, 2.75) is 0 Å². The fraction of sp³-hybridized carbons (Fsp3) is 0.111. The summed E-state index contributed by atoms with van der Waals surface area (Å²) in [6.07, 6.45) is 2.89. The maximum atomic E-state index is 12.0. The second-order valence-electron chi connectivity index (χ2n) is 4.78. The summed E-state index contributed by atoms with van der Waals surface area (Å²) in [5.41, 5.74) is 0.961. The zero-order valence-electron chi connectivity index (χ0n) is 13.3. The van der Waals surface area contributed by atoms with Crippen molar-refractivity contribution < 1.29 is 24.2 Å². The van der Waals surface area contributed by atoms with E-state index in [0.29, 0.717) is 17.1 Å². The Bertz CT molecular complexity index is 783. The molecule has 0 bridgehead atoms. The molecule has 0 aliphatic carbocycles. The standard InChI is InChI=1S/C18H17NO5/c1-23-13-9-7-12(16(11-13)24-2)8-10-17(20)19-15-6-4-3-5-14(15)18(21)22/h3-11H,1-2H3,(H,19,20)(H,21,22)/b10-8+. The SMILES string of the molecule is COc1ccc(/C=C/C(=O)Nc2ccccc2C(=O)O)c(OC)c1. The van der Waals surface area contributed by atoms with Crippen molar-refractivity contribution in [1.29, 1.82) is 0 Å². The molecule has 0 saturated carbocycles. The largest absolute Gasteiger partial charge is 0.497 e. The van der Waals surface area contributed by atoms with Crippen LogP contribution < -0.4 is 14.8 Å². The van der Waals surface area contributed by atoms with Gasteiger partial charge in [-0.25, -0.2) is 4.79 Å². The molecule has 2 rings (SSSR count). The highest BCUT2D eigenvalue weighted by molar-refractivity contribution is 6.06. The zero-order valence-corrected chi connectivity index (χ0v) is 13.3. The fourth-order valence-corrected chi connectivity index (χ4v) is 2.07. The van der Waals surface area contributed by atoms with Gasteiger partial charge >= 0.3 is 5.97 Å². The molecule has 6 heteroatoms. The molecule has 0 fully saturated rings. The number of amides is 1. The van der Waals surface area contributed by atoms with Crippen molar-refractivity contribution in [3.63, 3.8) is 0 Å². The second kappa shape index (κ2) is 7.82. The van der Waals surface area contributed by atoms with Crippen LogP contribution in [-0.2, 0) is 4.79 Å². The van der Waals surface area contributed by atoms with Crippen LogP contribution in [0.1, 0.15) is 15.9 Å². The summed E-state index contributed by atoms with van der Waals surface area (Å²) in [6.45, 7) is 0. The van der Waals surface area contributed by atoms with Crippen LogP contribution in [0.4, 0.5) is 5.69 Å². The highest BCUT2D eigenvalue weighted by Crippen LogP contribution is 2.25. The number of carbonyl (C=O) groups is 2. The zero-order chi connectivity index (χ0) is 17.5. The average Bonchev–Trinajstić information content (AvgIpc) is 2.60. The van der Waals surface area contributed by atoms with Crippen molar-refractivity contribution in [2.75, 3.05) is 19.5 Å². The van der Waals surface area contributed by atoms with E-state index in [-0.39, 0.29) is 11.3 Å². The Kier molecular flexibility index (Phi) is 5.57. The van der Waals surface area contributed by atoms with E-state index in [2.05, 4.69) is 5.32 Å². The topological polar surface area (TPSA) is 84.9 Å². The van der Waals surface area contributed by atoms with Crippen LogP contribution in [-0.4, -0.2) is 31.2 Å². The predicted molar refractivity (Wildman–Crippen MR) is 90.6 cm³/mol. The summed E-state index contributed by atoms with van der Waals surface area (Å²) in [6, 6.07) is 11.4. The minimum atomic E-state index is -1.10. The molecule has 2 aromatic carbocycles. The Morgan fingerprint density at radius 2 is 1.83 bits per heavy atom. The Morgan fingerprint density at radius 3 is 2.50 bits per heavy atom. The molecular formula is C18H17NO5. The molecular weight excluding hydrogens is 310 g/mol. The number of benzene rings is 2. The van der Waals surface area contributed by atoms with Gasteiger partial charge in [-0.15, -0.1) is 0 Å². The average molecular weight is 327 g/mol. The number of para-hydroxylation sites is 1. The first-order valence-electron chi connectivity index (χ1n) is 7.08. The number of ether oxygens (including phenoxy) is 2. The van der Waals surface area contributed by atoms with E-state index in [1.165, 1.54) is 25.3 Å². The number of rotatable bonds is 6. The number of methoxy groups -OCH3 is 2. The lowest BCUT2D eigenvalue weighted by atomic mass is 10.1. The summed E-state index contributed by atoms with van der Waals surface area (Å²) in [4.78, 5) is 23.2. The van der Waals surface area contributed by atoms with Gasteiger partial charge < -0.3 is 19.9 Å². The van der Waals surface area contributed by atoms with Crippen molar-refractivity contribution in [3.05, 3.63) is 59.7 Å². The van der Waals surface area contributed by atoms with Gasteiger partial charge in [0.25, 0.3) is 0 Å². The maximum absolute atomic E-state index is 12.0. The van der Waals surface area contributed by atoms with Crippen molar-refractivity contribution in [1.82, 2.24) is 0 Å². The number of hydrogen-bond donors (Lipinski definition) is 2. The number of aromatic carboxylic acids is 1. The highest BCUT2D eigenvalue weighted by atomic mass is 16.5. The van der Waals surface area contributed by atoms with Gasteiger partial charge in [-0.05, 0) is 30.3 Å². The number of carboxylic acid groups (broad SMARTS) is 1. The van der Waals surface area contributed by atoms with Crippen molar-refractivity contribution in [3.8, 4) is 11.5 Å². The van der Waals surface area contributed by atoms with E-state index in [1.807, 2.05) is 0 Å². The van der Waals surface area contributed by atoms with Gasteiger partial charge in [-0.3, -0.25) is 4.79 Å². The van der Waals surface area contributed by atoms with Crippen LogP contribution in [0.2, 0.25) is 0 Å². The summed E-state index contributed by atoms with van der Waals surface area (Å²) < 4.78 is 10.4. The monoisotopic (exact) mass is 327 g/mol. The Morgan fingerprint density at radius 1 is 1.08 bits per heavy atom. The molecule has 0 unspecified atom stereocenters. The van der Waals surface area contributed by atoms with Crippen LogP contribution in [0.25, 0.3) is 6.08 Å². The first-order chi connectivity index (χ1) is 11.5. The summed E-state index contributed by atoms with van der Waals surface area (Å²) in [5.74, 6) is -0.346. The number of carbonyl (C=O) groups excluding carboxylic acids is 1. The van der Waals surface area contributed by atoms with E-state index in [4.69, 9.17) is 14.6 Å². The van der Waals surface area contributed by atoms with E-state index in [1.54, 1.807) is 43.5 Å². The minimum absolute atomic E-state index is 0.0290. The van der Waals surface area contributed by atoms with Crippen LogP contribution in [0.3, 0.4) is 0 Å². The van der Waals surface area contributed by atoms with Crippen LogP contribution in [0.15, 0.2) is 48.5 Å². The molecule has 0 heterocycles. The number of hydrogen-bond acceptors (Lipinski definition) is 4. The molecule has 1 amide bonds. The lowest BCUT2D eigenvalue weighted by molar-refractivity contribution is -0.111. The molecule has 24 heavy (non-hydrogen) atoms. The maximum Gasteiger partial charge on any atom is 0.337 e. The predicted octanol–water partition coefficient (Wildman–Crippen LogP) is 3.05. The Hall–Kier alpha value is -3.28. The van der Waals surface area contributed by atoms with E-state index < -0.39 is 11.9 Å². The summed E-state index contributed by atoms with van der Waals surface area (Å²) in [7, 11) is 3.08. The smallest absolute Gasteiger partial charge is 0.337 e. The third-order valence-corrected chi connectivity index (χ3v) is 3.27. The molecule has 124 valence electrons. The van der Waals surface area contributed by atoms with Crippen LogP contribution in [0.5, 0.6) is 11.5 Å². The molecule has 0 aromatic heterocycles. The van der Waals surface area contributed by atoms with Gasteiger partial charge in [0.15, 0.2) is 0 Å². The quantitative estimate of drug-likeness (QED) is 0.797. The summed E-state index contributed by atoms with van der Waals surface area (Å²) in [5, 5.41) is 11.7. The highest BCUT2D eigenvalue weighted by Gasteiger charge is 2.10. The Balaban J connectivity index is 2.16. The minimum Gasteiger partial charge on any atom is -0.497 e. The third kappa shape index (κ3) is 4.13. The van der Waals surface area contributed by atoms with Gasteiger partial charge in [0.2, 0.25) is 5.91 Å². The molecule has 2 N–H and O–H groups in total. The van der Waals surface area contributed by atoms with Gasteiger partial charge in [0, 0.05) is 17.7 Å². The normalized spacial score (nSPS) is 10.4. The van der Waals surface area contributed by atoms with Gasteiger partial charge in [-0.1, -0.05) is 12.1 Å². The molecule has 0 aliphatic rings. The van der Waals surface area contributed by atoms with Crippen LogP contribution >= 0.6 is 0 Å². The van der Waals surface area contributed by atoms with E-state index >= 15 is 0 Å². The van der Waals surface area contributed by atoms with Gasteiger partial charge in [0.05, 0.1) is 25.5 Å². The van der Waals surface area contributed by atoms with Gasteiger partial charge in [0.1, 0.15) is 11.5 Å². The number of carboxylic acids is 1. The van der Waals surface area contributed by atoms with E-state index in [0.717, 1.165) is 0 Å². The van der Waals surface area contributed by atoms with Gasteiger partial charge in [-0.2, -0.15) is 0 Å². The Labute approximate surface area is 139 Å². The third-order valence-electron chi connectivity index (χ3n) is 3.27. The first-order valence-corrected chi connectivity index (χ1v) is 7.08. The lowest BCUT2D eigenvalue weighted by Gasteiger charge is -2.08. The number of nitrogens with one attached hydrogen (secondary N) is 1. The fourth-order valence-electron chi connectivity index (χ4n) is 2.07. The molecule has 0 radical (unpaired) electrons. The van der Waals surface area contributed by atoms with Crippen LogP contribution in [0, 0.1) is 0 Å². The molecule has 0 atom stereocenters. The lowest BCUT2D eigenvalue weighted by Crippen LogP contribution is -2.11. The first kappa shape index (κ1) is 17.1. The van der Waals surface area contributed by atoms with E-state index in [9.17, 15) is 9.59 Å².